The topological polar surface area (TPSA) is 33.7 Å². The average Bonchev–Trinajstić information content (AvgIpc) is 3.94. The third-order valence-electron chi connectivity index (χ3n) is 18.5. The van der Waals surface area contributed by atoms with Crippen molar-refractivity contribution in [3.8, 4) is 11.4 Å². The molecule has 7 rings (SSSR count). The number of imidazole rings is 1. The first-order chi connectivity index (χ1) is 38.1. The summed E-state index contributed by atoms with van der Waals surface area (Å²) in [4.78, 5) is 0. The van der Waals surface area contributed by atoms with Gasteiger partial charge in [-0.15, -0.1) is 0 Å². The summed E-state index contributed by atoms with van der Waals surface area (Å²) in [5.74, 6) is 0.00110. The SMILES string of the molecule is Cc1cc([C@H](C)c2cc(C(C)(C)C)cc(C(C)(C)C)c2)c(-n2ccn(-c3c([C@H](C)c4cc(C(C)(C)C)cc(C(C)(C)C)c4)cc(C)cc3[C@H](C)c3cc(C(C)(C)C)cc(C(C)(C)C)c3)c2=N)c([C@H](C)c2cc(C(C)(C)C)cc(C(C)(C)C)c2)c1. The third-order valence-corrected chi connectivity index (χ3v) is 18.5. The van der Waals surface area contributed by atoms with Gasteiger partial charge in [0.15, 0.2) is 0 Å². The molecule has 0 bridgehead atoms. The van der Waals surface area contributed by atoms with Gasteiger partial charge in [0.1, 0.15) is 0 Å². The van der Waals surface area contributed by atoms with Crippen LogP contribution in [-0.2, 0) is 43.3 Å². The van der Waals surface area contributed by atoms with Gasteiger partial charge in [-0.25, -0.2) is 0 Å². The van der Waals surface area contributed by atoms with Crippen molar-refractivity contribution in [3.05, 3.63) is 215 Å². The summed E-state index contributed by atoms with van der Waals surface area (Å²) in [6, 6.07) is 39.3. The molecule has 452 valence electrons. The summed E-state index contributed by atoms with van der Waals surface area (Å²) in [6.45, 7) is 70.4. The van der Waals surface area contributed by atoms with Crippen LogP contribution in [0.25, 0.3) is 11.4 Å². The highest BCUT2D eigenvalue weighted by atomic mass is 15.2. The second-order valence-electron chi connectivity index (χ2n) is 34.2. The van der Waals surface area contributed by atoms with Crippen LogP contribution in [0, 0.1) is 19.3 Å². The fourth-order valence-corrected chi connectivity index (χ4v) is 12.1. The molecule has 1 aromatic heterocycles. The van der Waals surface area contributed by atoms with Crippen LogP contribution < -0.4 is 5.62 Å². The van der Waals surface area contributed by atoms with E-state index < -0.39 is 0 Å². The quantitative estimate of drug-likeness (QED) is 0.142. The lowest BCUT2D eigenvalue weighted by Crippen LogP contribution is -2.27. The summed E-state index contributed by atoms with van der Waals surface area (Å²) in [6.07, 6.45) is 4.44. The van der Waals surface area contributed by atoms with Gasteiger partial charge < -0.3 is 0 Å². The van der Waals surface area contributed by atoms with Gasteiger partial charge in [-0.3, -0.25) is 14.5 Å². The van der Waals surface area contributed by atoms with Gasteiger partial charge in [-0.1, -0.05) is 302 Å². The second kappa shape index (κ2) is 22.6. The smallest absolute Gasteiger partial charge is 0.211 e. The molecule has 0 saturated carbocycles. The molecule has 0 radical (unpaired) electrons. The van der Waals surface area contributed by atoms with Gasteiger partial charge in [0.25, 0.3) is 0 Å². The van der Waals surface area contributed by atoms with E-state index in [4.69, 9.17) is 0 Å². The Morgan fingerprint density at radius 2 is 0.417 bits per heavy atom. The van der Waals surface area contributed by atoms with Crippen molar-refractivity contribution in [2.75, 3.05) is 0 Å². The van der Waals surface area contributed by atoms with E-state index >= 15 is 0 Å². The molecule has 6 aromatic carbocycles. The van der Waals surface area contributed by atoms with Crippen molar-refractivity contribution in [2.24, 2.45) is 0 Å². The van der Waals surface area contributed by atoms with Gasteiger partial charge in [0, 0.05) is 36.1 Å². The molecular weight excluding hydrogens is 1010 g/mol. The second-order valence-corrected chi connectivity index (χ2v) is 34.2. The zero-order valence-electron chi connectivity index (χ0n) is 58.6. The van der Waals surface area contributed by atoms with Gasteiger partial charge >= 0.3 is 0 Å². The maximum absolute atomic E-state index is 11.0. The fourth-order valence-electron chi connectivity index (χ4n) is 12.1. The number of rotatable bonds is 10. The summed E-state index contributed by atoms with van der Waals surface area (Å²) in [5, 5.41) is 11.0. The Morgan fingerprint density at radius 1 is 0.262 bits per heavy atom. The molecule has 84 heavy (non-hydrogen) atoms. The molecule has 0 fully saturated rings. The van der Waals surface area contributed by atoms with E-state index in [1.54, 1.807) is 0 Å². The molecule has 1 heterocycles. The molecule has 0 aliphatic carbocycles. The van der Waals surface area contributed by atoms with Crippen LogP contribution >= 0.6 is 0 Å². The zero-order valence-corrected chi connectivity index (χ0v) is 58.6. The maximum Gasteiger partial charge on any atom is 0.211 e. The van der Waals surface area contributed by atoms with Gasteiger partial charge in [-0.05, 0) is 146 Å². The van der Waals surface area contributed by atoms with Gasteiger partial charge in [-0.2, -0.15) is 0 Å². The summed E-state index contributed by atoms with van der Waals surface area (Å²) in [5.41, 5.74) is 25.6. The Morgan fingerprint density at radius 3 is 0.560 bits per heavy atom. The highest BCUT2D eigenvalue weighted by Gasteiger charge is 2.32. The van der Waals surface area contributed by atoms with E-state index in [0.29, 0.717) is 5.62 Å². The largest absolute Gasteiger partial charge is 0.286 e. The molecular formula is C81H113N3. The van der Waals surface area contributed by atoms with Crippen LogP contribution in [0.4, 0.5) is 0 Å². The lowest BCUT2D eigenvalue weighted by Gasteiger charge is -2.31. The van der Waals surface area contributed by atoms with Crippen LogP contribution in [0.15, 0.2) is 109 Å². The molecule has 4 atom stereocenters. The summed E-state index contributed by atoms with van der Waals surface area (Å²) >= 11 is 0. The molecule has 1 N–H and O–H groups in total. The number of aromatic nitrogens is 2. The lowest BCUT2D eigenvalue weighted by atomic mass is 9.76. The highest BCUT2D eigenvalue weighted by Crippen LogP contribution is 2.45. The maximum atomic E-state index is 11.0. The standard InChI is InChI=1S/C81H113N3/c1-49-33-67(51(3)55-37-59(74(7,8)9)45-60(38-55)75(10,11)12)71(68(34-49)52(4)56-39-61(76(13,14)15)46-62(40-56)77(16,17)18)83-31-32-84(73(83)82)72-69(53(5)57-41-63(78(19,20)21)47-64(42-57)79(22,23)24)35-50(2)36-70(72)54(6)58-43-65(80(25,26)27)48-66(44-58)81(28,29)30/h31-48,51-54,82H,1-30H3/t51-,52-,53-,54-/m1/s1. The molecule has 3 heteroatoms. The van der Waals surface area contributed by atoms with Gasteiger partial charge in [0.05, 0.1) is 11.4 Å². The van der Waals surface area contributed by atoms with E-state index in [1.165, 1.54) is 100 Å². The van der Waals surface area contributed by atoms with Crippen LogP contribution in [0.5, 0.6) is 0 Å². The first kappa shape index (κ1) is 65.9. The third kappa shape index (κ3) is 14.1. The van der Waals surface area contributed by atoms with E-state index in [2.05, 4.69) is 326 Å². The first-order valence-electron chi connectivity index (χ1n) is 31.9. The minimum absolute atomic E-state index is 0.000275. The molecule has 0 aliphatic heterocycles. The van der Waals surface area contributed by atoms with Crippen LogP contribution in [0.3, 0.4) is 0 Å². The average molecular weight is 1130 g/mol. The number of nitrogens with zero attached hydrogens (tertiary/aromatic N) is 2. The van der Waals surface area contributed by atoms with Crippen molar-refractivity contribution in [1.82, 2.24) is 9.13 Å². The monoisotopic (exact) mass is 1130 g/mol. The highest BCUT2D eigenvalue weighted by molar-refractivity contribution is 5.62. The van der Waals surface area contributed by atoms with Crippen molar-refractivity contribution < 1.29 is 0 Å². The van der Waals surface area contributed by atoms with Crippen LogP contribution in [-0.4, -0.2) is 9.13 Å². The molecule has 0 aliphatic rings. The minimum atomic E-state index is -0.0452. The Kier molecular flexibility index (Phi) is 17.7. The van der Waals surface area contributed by atoms with Crippen molar-refractivity contribution in [1.29, 1.82) is 5.41 Å². The van der Waals surface area contributed by atoms with Crippen LogP contribution in [0.2, 0.25) is 0 Å². The number of hydrogen-bond acceptors (Lipinski definition) is 1. The Labute approximate surface area is 513 Å². The van der Waals surface area contributed by atoms with Crippen molar-refractivity contribution in [2.45, 2.75) is 275 Å². The number of nitrogens with one attached hydrogen (secondary N) is 1. The summed E-state index contributed by atoms with van der Waals surface area (Å²) < 4.78 is 4.51. The first-order valence-corrected chi connectivity index (χ1v) is 31.9. The minimum Gasteiger partial charge on any atom is -0.286 e. The normalized spacial score (nSPS) is 14.9. The van der Waals surface area contributed by atoms with E-state index in [0.717, 1.165) is 11.4 Å². The predicted molar refractivity (Wildman–Crippen MR) is 366 cm³/mol. The number of benzene rings is 6. The Balaban J connectivity index is 1.64. The molecule has 3 nitrogen and oxygen atoms in total. The lowest BCUT2D eigenvalue weighted by molar-refractivity contribution is 0.565. The van der Waals surface area contributed by atoms with Gasteiger partial charge in [0.2, 0.25) is 5.62 Å². The van der Waals surface area contributed by atoms with Crippen molar-refractivity contribution >= 4 is 0 Å². The molecule has 0 saturated heterocycles. The predicted octanol–water partition coefficient (Wildman–Crippen LogP) is 22.4. The zero-order chi connectivity index (χ0) is 63.3. The van der Waals surface area contributed by atoms with E-state index in [9.17, 15) is 5.41 Å². The van der Waals surface area contributed by atoms with Crippen LogP contribution in [0.1, 0.15) is 318 Å². The van der Waals surface area contributed by atoms with E-state index in [-0.39, 0.29) is 67.0 Å². The van der Waals surface area contributed by atoms with E-state index in [1.807, 2.05) is 0 Å². The Bertz CT molecular complexity index is 3040. The summed E-state index contributed by atoms with van der Waals surface area (Å²) in [7, 11) is 0. The fraction of sp³-hybridized carbons (Fsp3) is 0.519. The number of hydrogen-bond donors (Lipinski definition) is 1. The molecule has 0 unspecified atom stereocenters. The van der Waals surface area contributed by atoms with Crippen molar-refractivity contribution in [3.63, 3.8) is 0 Å². The Hall–Kier alpha value is -5.67. The molecule has 7 aromatic rings. The molecule has 0 amide bonds. The molecule has 0 spiro atoms. The number of aryl methyl sites for hydroxylation is 2.